The Morgan fingerprint density at radius 3 is 2.32 bits per heavy atom. The molecular weight excluding hydrogens is 290 g/mol. The highest BCUT2D eigenvalue weighted by Gasteiger charge is 2.18. The van der Waals surface area contributed by atoms with Gasteiger partial charge in [-0.05, 0) is 39.0 Å². The molecule has 118 valence electrons. The highest BCUT2D eigenvalue weighted by molar-refractivity contribution is 5.97. The molecule has 0 fully saturated rings. The maximum absolute atomic E-state index is 11.9. The number of carboxylic acid groups (broad SMARTS) is 2. The maximum atomic E-state index is 11.9. The number of nitrogens with one attached hydrogen (secondary N) is 1. The third kappa shape index (κ3) is 5.66. The summed E-state index contributed by atoms with van der Waals surface area (Å²) in [6.45, 7) is 5.18. The van der Waals surface area contributed by atoms with Crippen molar-refractivity contribution in [2.45, 2.75) is 26.4 Å². The first kappa shape index (κ1) is 17.2. The van der Waals surface area contributed by atoms with Gasteiger partial charge in [-0.25, -0.2) is 14.4 Å². The molecule has 0 aliphatic carbocycles. The Hall–Kier alpha value is -2.83. The maximum Gasteiger partial charge on any atom is 0.352 e. The van der Waals surface area contributed by atoms with E-state index in [9.17, 15) is 14.4 Å². The van der Waals surface area contributed by atoms with E-state index in [4.69, 9.17) is 14.9 Å². The Balaban J connectivity index is 2.99. The molecule has 0 aromatic heterocycles. The molecule has 1 aromatic carbocycles. The Labute approximate surface area is 127 Å². The van der Waals surface area contributed by atoms with E-state index in [0.29, 0.717) is 6.08 Å². The van der Waals surface area contributed by atoms with Gasteiger partial charge in [-0.2, -0.15) is 0 Å². The summed E-state index contributed by atoms with van der Waals surface area (Å²) in [4.78, 5) is 33.5. The molecule has 1 aromatic rings. The third-order valence-electron chi connectivity index (χ3n) is 2.27. The van der Waals surface area contributed by atoms with Crippen LogP contribution in [0.5, 0.6) is 0 Å². The number of esters is 1. The number of carbonyl (C=O) groups excluding carboxylic acids is 1. The van der Waals surface area contributed by atoms with Crippen LogP contribution in [0.15, 0.2) is 36.0 Å². The first-order valence-electron chi connectivity index (χ1n) is 6.37. The van der Waals surface area contributed by atoms with Gasteiger partial charge in [0.2, 0.25) is 0 Å². The van der Waals surface area contributed by atoms with Crippen LogP contribution < -0.4 is 5.32 Å². The number of carboxylic acids is 2. The van der Waals surface area contributed by atoms with Gasteiger partial charge in [0.15, 0.2) is 0 Å². The number of hydrogen-bond acceptors (Lipinski definition) is 5. The second-order valence-corrected chi connectivity index (χ2v) is 5.41. The van der Waals surface area contributed by atoms with Gasteiger partial charge >= 0.3 is 17.9 Å². The molecule has 0 aliphatic rings. The molecule has 0 saturated heterocycles. The van der Waals surface area contributed by atoms with E-state index in [0.717, 1.165) is 0 Å². The zero-order valence-corrected chi connectivity index (χ0v) is 12.4. The van der Waals surface area contributed by atoms with Crippen molar-refractivity contribution in [1.82, 2.24) is 0 Å². The monoisotopic (exact) mass is 307 g/mol. The van der Waals surface area contributed by atoms with Crippen LogP contribution >= 0.6 is 0 Å². The molecule has 0 bridgehead atoms. The van der Waals surface area contributed by atoms with E-state index in [2.05, 4.69) is 5.32 Å². The number of aliphatic carboxylic acids is 2. The van der Waals surface area contributed by atoms with E-state index >= 15 is 0 Å². The van der Waals surface area contributed by atoms with Crippen molar-refractivity contribution in [2.24, 2.45) is 0 Å². The number of rotatable bonds is 5. The molecule has 0 unspecified atom stereocenters. The lowest BCUT2D eigenvalue weighted by atomic mass is 10.1. The van der Waals surface area contributed by atoms with E-state index in [1.54, 1.807) is 20.8 Å². The summed E-state index contributed by atoms with van der Waals surface area (Å²) < 4.78 is 5.20. The second kappa shape index (κ2) is 6.75. The van der Waals surface area contributed by atoms with Gasteiger partial charge < -0.3 is 20.3 Å². The summed E-state index contributed by atoms with van der Waals surface area (Å²) in [7, 11) is 0. The summed E-state index contributed by atoms with van der Waals surface area (Å²) >= 11 is 0. The van der Waals surface area contributed by atoms with Crippen molar-refractivity contribution in [1.29, 1.82) is 0 Å². The number of carbonyl (C=O) groups is 3. The number of hydrogen-bond donors (Lipinski definition) is 3. The quantitative estimate of drug-likeness (QED) is 0.564. The average Bonchev–Trinajstić information content (AvgIpc) is 2.35. The van der Waals surface area contributed by atoms with Gasteiger partial charge in [0.25, 0.3) is 0 Å². The average molecular weight is 307 g/mol. The van der Waals surface area contributed by atoms with Crippen LogP contribution in [-0.4, -0.2) is 33.7 Å². The highest BCUT2D eigenvalue weighted by atomic mass is 16.6. The Morgan fingerprint density at radius 2 is 1.82 bits per heavy atom. The molecule has 0 radical (unpaired) electrons. The Bertz CT molecular complexity index is 627. The van der Waals surface area contributed by atoms with E-state index in [1.807, 2.05) is 0 Å². The fourth-order valence-electron chi connectivity index (χ4n) is 1.49. The fraction of sp³-hybridized carbons (Fsp3) is 0.267. The normalized spacial score (nSPS) is 11.7. The lowest BCUT2D eigenvalue weighted by Crippen LogP contribution is -2.24. The molecule has 22 heavy (non-hydrogen) atoms. The van der Waals surface area contributed by atoms with Crippen LogP contribution in [0.1, 0.15) is 31.1 Å². The van der Waals surface area contributed by atoms with Crippen molar-refractivity contribution in [2.75, 3.05) is 5.32 Å². The van der Waals surface area contributed by atoms with Crippen molar-refractivity contribution in [3.8, 4) is 0 Å². The van der Waals surface area contributed by atoms with Gasteiger partial charge in [0.05, 0.1) is 11.6 Å². The van der Waals surface area contributed by atoms with E-state index < -0.39 is 29.2 Å². The van der Waals surface area contributed by atoms with E-state index in [1.165, 1.54) is 24.3 Å². The summed E-state index contributed by atoms with van der Waals surface area (Å²) in [5, 5.41) is 20.0. The predicted octanol–water partition coefficient (Wildman–Crippen LogP) is 2.11. The number of benzene rings is 1. The SMILES string of the molecule is CC(C)(C)OC(=O)c1cccc(N/C(=C\C(=O)O)C(=O)O)c1. The molecular formula is C15H17NO6. The molecule has 0 heterocycles. The van der Waals surface area contributed by atoms with Crippen LogP contribution in [0, 0.1) is 0 Å². The number of ether oxygens (including phenoxy) is 1. The Morgan fingerprint density at radius 1 is 1.18 bits per heavy atom. The topological polar surface area (TPSA) is 113 Å². The van der Waals surface area contributed by atoms with E-state index in [-0.39, 0.29) is 11.3 Å². The van der Waals surface area contributed by atoms with Crippen molar-refractivity contribution in [3.05, 3.63) is 41.6 Å². The summed E-state index contributed by atoms with van der Waals surface area (Å²) in [6.07, 6.45) is 0.530. The molecule has 7 nitrogen and oxygen atoms in total. The summed E-state index contributed by atoms with van der Waals surface area (Å²) in [6, 6.07) is 5.93. The minimum Gasteiger partial charge on any atom is -0.478 e. The first-order chi connectivity index (χ1) is 10.1. The number of anilines is 1. The lowest BCUT2D eigenvalue weighted by Gasteiger charge is -2.19. The molecule has 3 N–H and O–H groups in total. The van der Waals surface area contributed by atoms with Gasteiger partial charge in [-0.1, -0.05) is 6.07 Å². The molecule has 0 aliphatic heterocycles. The van der Waals surface area contributed by atoms with Crippen molar-refractivity contribution < 1.29 is 29.3 Å². The van der Waals surface area contributed by atoms with Crippen molar-refractivity contribution >= 4 is 23.6 Å². The molecule has 7 heteroatoms. The predicted molar refractivity (Wildman–Crippen MR) is 78.6 cm³/mol. The summed E-state index contributed by atoms with van der Waals surface area (Å²) in [5.41, 5.74) is -0.692. The van der Waals surface area contributed by atoms with Crippen LogP contribution in [0.4, 0.5) is 5.69 Å². The summed E-state index contributed by atoms with van der Waals surface area (Å²) in [5.74, 6) is -3.38. The fourth-order valence-corrected chi connectivity index (χ4v) is 1.49. The minimum absolute atomic E-state index is 0.222. The molecule has 0 amide bonds. The van der Waals surface area contributed by atoms with Gasteiger partial charge in [-0.3, -0.25) is 0 Å². The van der Waals surface area contributed by atoms with Gasteiger partial charge in [0, 0.05) is 5.69 Å². The molecule has 1 rings (SSSR count). The molecule has 0 spiro atoms. The zero-order chi connectivity index (χ0) is 16.9. The molecule has 0 atom stereocenters. The van der Waals surface area contributed by atoms with Crippen LogP contribution in [0.3, 0.4) is 0 Å². The van der Waals surface area contributed by atoms with Crippen LogP contribution in [0.2, 0.25) is 0 Å². The van der Waals surface area contributed by atoms with Gasteiger partial charge in [0.1, 0.15) is 11.3 Å². The smallest absolute Gasteiger partial charge is 0.352 e. The second-order valence-electron chi connectivity index (χ2n) is 5.41. The molecule has 0 saturated carbocycles. The largest absolute Gasteiger partial charge is 0.478 e. The standard InChI is InChI=1S/C15H17NO6/c1-15(2,3)22-14(21)9-5-4-6-10(7-9)16-11(13(19)20)8-12(17)18/h4-8,16H,1-3H3,(H,17,18)(H,19,20)/b11-8-. The van der Waals surface area contributed by atoms with Crippen molar-refractivity contribution in [3.63, 3.8) is 0 Å². The first-order valence-corrected chi connectivity index (χ1v) is 6.37. The highest BCUT2D eigenvalue weighted by Crippen LogP contribution is 2.17. The van der Waals surface area contributed by atoms with Gasteiger partial charge in [-0.15, -0.1) is 0 Å². The van der Waals surface area contributed by atoms with Crippen LogP contribution in [0.25, 0.3) is 0 Å². The third-order valence-corrected chi connectivity index (χ3v) is 2.27. The zero-order valence-electron chi connectivity index (χ0n) is 12.4. The lowest BCUT2D eigenvalue weighted by molar-refractivity contribution is -0.134. The van der Waals surface area contributed by atoms with Crippen LogP contribution in [-0.2, 0) is 14.3 Å². The Kier molecular flexibility index (Phi) is 5.28. The minimum atomic E-state index is -1.43.